The predicted molar refractivity (Wildman–Crippen MR) is 198 cm³/mol. The van der Waals surface area contributed by atoms with Crippen LogP contribution in [0.4, 0.5) is 4.79 Å². The number of piperazine rings is 1. The van der Waals surface area contributed by atoms with Gasteiger partial charge in [0, 0.05) is 31.7 Å². The first-order chi connectivity index (χ1) is 25.8. The molecule has 4 amide bonds. The number of phenolic OH excluding ortho intramolecular Hbond substituents is 3. The quantitative estimate of drug-likeness (QED) is 0.197. The zero-order valence-corrected chi connectivity index (χ0v) is 31.2. The maximum absolute atomic E-state index is 14.9. The van der Waals surface area contributed by atoms with Crippen LogP contribution in [0.5, 0.6) is 17.2 Å². The van der Waals surface area contributed by atoms with Crippen molar-refractivity contribution in [2.45, 2.75) is 83.6 Å². The molecule has 13 heteroatoms. The summed E-state index contributed by atoms with van der Waals surface area (Å²) in [6.45, 7) is 8.18. The molecule has 3 fully saturated rings. The Hall–Kier alpha value is -5.30. The highest BCUT2D eigenvalue weighted by atomic mass is 16.8. The molecule has 0 bridgehead atoms. The maximum atomic E-state index is 14.9. The molecule has 1 aliphatic carbocycles. The zero-order chi connectivity index (χ0) is 38.7. The fraction of sp³-hybridized carbons (Fsp3) is 0.463. The minimum absolute atomic E-state index is 0.0218. The Labute approximate surface area is 315 Å². The lowest BCUT2D eigenvalue weighted by molar-refractivity contribution is -0.279. The van der Waals surface area contributed by atoms with Crippen molar-refractivity contribution in [3.8, 4) is 17.2 Å². The zero-order valence-electron chi connectivity index (χ0n) is 31.2. The number of hydrogen-bond acceptors (Lipinski definition) is 9. The highest BCUT2D eigenvalue weighted by molar-refractivity contribution is 5.98. The molecule has 13 nitrogen and oxygen atoms in total. The van der Waals surface area contributed by atoms with E-state index in [1.807, 2.05) is 27.7 Å². The van der Waals surface area contributed by atoms with Crippen molar-refractivity contribution in [2.24, 2.45) is 17.8 Å². The second-order valence-corrected chi connectivity index (χ2v) is 15.3. The first-order valence-corrected chi connectivity index (χ1v) is 18.7. The number of carbonyl (C=O) groups excluding carboxylic acids is 4. The SMILES string of the molecule is CC(C)CCNC(=O)[C@H](Cc1ccc(O)cc1)N1CC2N(C(=O)OCCc3ccc(O)cc3)OC3(CC3C(C)C)C(=O)N2[C@@H](Cc2ccc(O)cc2)C1=O. The number of nitrogens with one attached hydrogen (secondary N) is 1. The van der Waals surface area contributed by atoms with Gasteiger partial charge in [-0.05, 0) is 77.8 Å². The van der Waals surface area contributed by atoms with Gasteiger partial charge in [-0.15, -0.1) is 0 Å². The second kappa shape index (κ2) is 16.0. The van der Waals surface area contributed by atoms with E-state index in [2.05, 4.69) is 5.32 Å². The average Bonchev–Trinajstić information content (AvgIpc) is 3.87. The Morgan fingerprint density at radius 1 is 0.870 bits per heavy atom. The number of aromatic hydroxyl groups is 3. The summed E-state index contributed by atoms with van der Waals surface area (Å²) >= 11 is 0. The maximum Gasteiger partial charge on any atom is 0.436 e. The van der Waals surface area contributed by atoms with Gasteiger partial charge in [-0.1, -0.05) is 64.1 Å². The van der Waals surface area contributed by atoms with Gasteiger partial charge in [0.1, 0.15) is 29.3 Å². The van der Waals surface area contributed by atoms with Gasteiger partial charge in [0.15, 0.2) is 11.8 Å². The van der Waals surface area contributed by atoms with E-state index in [0.29, 0.717) is 36.4 Å². The third-order valence-corrected chi connectivity index (χ3v) is 10.6. The Balaban J connectivity index is 1.37. The monoisotopic (exact) mass is 742 g/mol. The van der Waals surface area contributed by atoms with Gasteiger partial charge in [0.2, 0.25) is 11.8 Å². The number of hydroxylamine groups is 2. The summed E-state index contributed by atoms with van der Waals surface area (Å²) in [4.78, 5) is 67.1. The third-order valence-electron chi connectivity index (χ3n) is 10.6. The normalized spacial score (nSPS) is 22.8. The fourth-order valence-corrected chi connectivity index (χ4v) is 7.49. The Morgan fingerprint density at radius 3 is 2.00 bits per heavy atom. The fourth-order valence-electron chi connectivity index (χ4n) is 7.49. The lowest BCUT2D eigenvalue weighted by Gasteiger charge is -2.54. The molecule has 0 radical (unpaired) electrons. The largest absolute Gasteiger partial charge is 0.508 e. The molecule has 1 spiro atoms. The molecule has 54 heavy (non-hydrogen) atoms. The lowest BCUT2D eigenvalue weighted by Crippen LogP contribution is -2.76. The molecule has 1 saturated carbocycles. The number of fused-ring (bicyclic) bond motifs is 1. The van der Waals surface area contributed by atoms with Gasteiger partial charge in [0.05, 0.1) is 13.2 Å². The van der Waals surface area contributed by atoms with Gasteiger partial charge in [-0.3, -0.25) is 14.4 Å². The number of phenols is 3. The van der Waals surface area contributed by atoms with E-state index in [1.165, 1.54) is 34.1 Å². The standard InChI is InChI=1S/C41H50N4O9/c1-25(2)17-19-42-37(49)34(21-28-7-13-31(47)14-8-28)43-24-36-44(35(38(43)50)22-29-9-15-32(48)16-10-29)39(51)41(23-33(41)26(3)4)54-45(36)40(52)53-20-18-27-5-11-30(46)12-6-27/h5-16,25-26,33-36,46-48H,17-24H2,1-4H3,(H,42,49)/t33?,34-,35-,36?,41?/m0/s1. The molecular weight excluding hydrogens is 692 g/mol. The van der Waals surface area contributed by atoms with Gasteiger partial charge in [-0.25, -0.2) is 9.63 Å². The summed E-state index contributed by atoms with van der Waals surface area (Å²) in [7, 11) is 0. The molecule has 4 N–H and O–H groups in total. The molecule has 6 rings (SSSR count). The summed E-state index contributed by atoms with van der Waals surface area (Å²) < 4.78 is 5.76. The number of carbonyl (C=O) groups is 4. The van der Waals surface area contributed by atoms with Gasteiger partial charge < -0.3 is 35.2 Å². The van der Waals surface area contributed by atoms with E-state index in [1.54, 1.807) is 48.5 Å². The average molecular weight is 743 g/mol. The van der Waals surface area contributed by atoms with Gasteiger partial charge in [-0.2, -0.15) is 5.06 Å². The molecular formula is C41H50N4O9. The van der Waals surface area contributed by atoms with E-state index in [-0.39, 0.29) is 55.1 Å². The van der Waals surface area contributed by atoms with Crippen LogP contribution in [-0.4, -0.2) is 97.5 Å². The molecule has 3 aromatic carbocycles. The third kappa shape index (κ3) is 8.25. The molecule has 0 aromatic heterocycles. The van der Waals surface area contributed by atoms with Crippen molar-refractivity contribution in [3.63, 3.8) is 0 Å². The summed E-state index contributed by atoms with van der Waals surface area (Å²) in [5.41, 5.74) is 0.825. The molecule has 2 heterocycles. The number of hydrogen-bond donors (Lipinski definition) is 4. The predicted octanol–water partition coefficient (Wildman–Crippen LogP) is 4.53. The van der Waals surface area contributed by atoms with Crippen LogP contribution < -0.4 is 5.32 Å². The number of amides is 4. The van der Waals surface area contributed by atoms with Crippen molar-refractivity contribution in [1.82, 2.24) is 20.2 Å². The van der Waals surface area contributed by atoms with Crippen LogP contribution >= 0.6 is 0 Å². The summed E-state index contributed by atoms with van der Waals surface area (Å²) in [5.74, 6) is -0.885. The molecule has 3 unspecified atom stereocenters. The number of benzene rings is 3. The van der Waals surface area contributed by atoms with Crippen LogP contribution in [0.15, 0.2) is 72.8 Å². The van der Waals surface area contributed by atoms with Gasteiger partial charge in [0.25, 0.3) is 5.91 Å². The van der Waals surface area contributed by atoms with E-state index < -0.39 is 47.7 Å². The van der Waals surface area contributed by atoms with Crippen LogP contribution in [0.2, 0.25) is 0 Å². The van der Waals surface area contributed by atoms with Crippen LogP contribution in [0, 0.1) is 17.8 Å². The summed E-state index contributed by atoms with van der Waals surface area (Å²) in [5, 5.41) is 33.7. The minimum Gasteiger partial charge on any atom is -0.508 e. The molecule has 2 aliphatic heterocycles. The van der Waals surface area contributed by atoms with Crippen LogP contribution in [-0.2, 0) is 43.2 Å². The highest BCUT2D eigenvalue weighted by Crippen LogP contribution is 2.56. The van der Waals surface area contributed by atoms with Crippen LogP contribution in [0.25, 0.3) is 0 Å². The Kier molecular flexibility index (Phi) is 11.4. The van der Waals surface area contributed by atoms with Crippen LogP contribution in [0.3, 0.4) is 0 Å². The van der Waals surface area contributed by atoms with Crippen molar-refractivity contribution in [1.29, 1.82) is 0 Å². The molecule has 288 valence electrons. The van der Waals surface area contributed by atoms with Crippen LogP contribution in [0.1, 0.15) is 57.2 Å². The molecule has 3 aliphatic rings. The highest BCUT2D eigenvalue weighted by Gasteiger charge is 2.71. The smallest absolute Gasteiger partial charge is 0.436 e. The molecule has 5 atom stereocenters. The van der Waals surface area contributed by atoms with E-state index in [9.17, 15) is 34.5 Å². The van der Waals surface area contributed by atoms with E-state index in [4.69, 9.17) is 9.57 Å². The second-order valence-electron chi connectivity index (χ2n) is 15.3. The summed E-state index contributed by atoms with van der Waals surface area (Å²) in [6.07, 6.45) is -0.394. The van der Waals surface area contributed by atoms with Gasteiger partial charge >= 0.3 is 6.09 Å². The number of rotatable bonds is 13. The molecule has 2 saturated heterocycles. The van der Waals surface area contributed by atoms with E-state index >= 15 is 0 Å². The van der Waals surface area contributed by atoms with E-state index in [0.717, 1.165) is 17.0 Å². The summed E-state index contributed by atoms with van der Waals surface area (Å²) in [6, 6.07) is 17.1. The first kappa shape index (κ1) is 38.4. The van der Waals surface area contributed by atoms with Crippen molar-refractivity contribution < 1.29 is 44.1 Å². The Bertz CT molecular complexity index is 1820. The van der Waals surface area contributed by atoms with Crippen molar-refractivity contribution in [3.05, 3.63) is 89.5 Å². The minimum atomic E-state index is -1.37. The van der Waals surface area contributed by atoms with Crippen molar-refractivity contribution in [2.75, 3.05) is 19.7 Å². The lowest BCUT2D eigenvalue weighted by atomic mass is 9.94. The number of ether oxygens (including phenoxy) is 1. The van der Waals surface area contributed by atoms with Crippen molar-refractivity contribution >= 4 is 23.8 Å². The first-order valence-electron chi connectivity index (χ1n) is 18.7. The number of nitrogens with zero attached hydrogens (tertiary/aromatic N) is 3. The molecule has 3 aromatic rings. The topological polar surface area (TPSA) is 169 Å². The Morgan fingerprint density at radius 2 is 1.44 bits per heavy atom.